The Labute approximate surface area is 131 Å². The van der Waals surface area contributed by atoms with E-state index in [1.54, 1.807) is 6.07 Å². The van der Waals surface area contributed by atoms with Gasteiger partial charge >= 0.3 is 0 Å². The van der Waals surface area contributed by atoms with Crippen molar-refractivity contribution in [3.8, 4) is 0 Å². The molecule has 0 aliphatic heterocycles. The van der Waals surface area contributed by atoms with E-state index in [-0.39, 0.29) is 11.9 Å². The molecule has 1 atom stereocenters. The van der Waals surface area contributed by atoms with Crippen LogP contribution in [0.4, 0.5) is 4.39 Å². The van der Waals surface area contributed by atoms with Gasteiger partial charge in [0.25, 0.3) is 0 Å². The Kier molecular flexibility index (Phi) is 4.04. The van der Waals surface area contributed by atoms with Crippen LogP contribution in [0.3, 0.4) is 0 Å². The molecule has 3 aromatic rings. The van der Waals surface area contributed by atoms with Gasteiger partial charge in [-0.1, -0.05) is 48.5 Å². The molecule has 0 heterocycles. The quantitative estimate of drug-likeness (QED) is 0.701. The molecule has 3 heteroatoms. The van der Waals surface area contributed by atoms with Crippen LogP contribution >= 0.6 is 15.9 Å². The van der Waals surface area contributed by atoms with Gasteiger partial charge in [0.15, 0.2) is 0 Å². The Hall–Kier alpha value is -1.71. The van der Waals surface area contributed by atoms with Crippen molar-refractivity contribution in [1.82, 2.24) is 5.32 Å². The summed E-state index contributed by atoms with van der Waals surface area (Å²) >= 11 is 3.25. The molecule has 0 fully saturated rings. The van der Waals surface area contributed by atoms with Gasteiger partial charge in [-0.25, -0.2) is 4.39 Å². The average molecular weight is 344 g/mol. The maximum absolute atomic E-state index is 14.4. The number of hydrogen-bond acceptors (Lipinski definition) is 1. The average Bonchev–Trinajstić information content (AvgIpc) is 2.52. The Morgan fingerprint density at radius 1 is 0.952 bits per heavy atom. The molecule has 0 spiro atoms. The highest BCUT2D eigenvalue weighted by Gasteiger charge is 2.17. The maximum atomic E-state index is 14.4. The van der Waals surface area contributed by atoms with Gasteiger partial charge in [-0.15, -0.1) is 0 Å². The zero-order valence-corrected chi connectivity index (χ0v) is 13.2. The number of halogens is 2. The molecular formula is C18H15BrFN. The van der Waals surface area contributed by atoms with Crippen molar-refractivity contribution in [3.63, 3.8) is 0 Å². The van der Waals surface area contributed by atoms with E-state index >= 15 is 0 Å². The zero-order valence-electron chi connectivity index (χ0n) is 11.6. The van der Waals surface area contributed by atoms with Gasteiger partial charge in [-0.05, 0) is 51.4 Å². The number of benzene rings is 3. The summed E-state index contributed by atoms with van der Waals surface area (Å²) in [5, 5.41) is 5.55. The molecule has 0 amide bonds. The number of hydrogen-bond donors (Lipinski definition) is 1. The smallest absolute Gasteiger partial charge is 0.142 e. The van der Waals surface area contributed by atoms with Gasteiger partial charge < -0.3 is 5.32 Å². The SMILES string of the molecule is CNC(c1ccc2ccccc2c1)c1cccc(Br)c1F. The topological polar surface area (TPSA) is 12.0 Å². The predicted molar refractivity (Wildman–Crippen MR) is 89.0 cm³/mol. The predicted octanol–water partition coefficient (Wildman–Crippen LogP) is 5.05. The minimum Gasteiger partial charge on any atom is -0.309 e. The zero-order chi connectivity index (χ0) is 14.8. The highest BCUT2D eigenvalue weighted by molar-refractivity contribution is 9.10. The first-order valence-corrected chi connectivity index (χ1v) is 7.60. The van der Waals surface area contributed by atoms with E-state index in [0.717, 1.165) is 10.9 Å². The highest BCUT2D eigenvalue weighted by Crippen LogP contribution is 2.29. The first kappa shape index (κ1) is 14.2. The Morgan fingerprint density at radius 2 is 1.71 bits per heavy atom. The van der Waals surface area contributed by atoms with Crippen molar-refractivity contribution in [2.45, 2.75) is 6.04 Å². The lowest BCUT2D eigenvalue weighted by Crippen LogP contribution is -2.19. The second kappa shape index (κ2) is 5.96. The minimum absolute atomic E-state index is 0.174. The molecular weight excluding hydrogens is 329 g/mol. The van der Waals surface area contributed by atoms with Crippen molar-refractivity contribution < 1.29 is 4.39 Å². The fraction of sp³-hybridized carbons (Fsp3) is 0.111. The monoisotopic (exact) mass is 343 g/mol. The standard InChI is InChI=1S/C18H15BrFN/c1-21-18(15-7-4-8-16(19)17(15)20)14-10-9-12-5-2-3-6-13(12)11-14/h2-11,18,21H,1H3. The van der Waals surface area contributed by atoms with E-state index in [1.807, 2.05) is 37.4 Å². The van der Waals surface area contributed by atoms with Gasteiger partial charge in [-0.3, -0.25) is 0 Å². The normalized spacial score (nSPS) is 12.5. The largest absolute Gasteiger partial charge is 0.309 e. The molecule has 0 saturated carbocycles. The third-order valence-corrected chi connectivity index (χ3v) is 4.30. The van der Waals surface area contributed by atoms with Crippen LogP contribution in [-0.4, -0.2) is 7.05 Å². The van der Waals surface area contributed by atoms with Crippen molar-refractivity contribution in [1.29, 1.82) is 0 Å². The van der Waals surface area contributed by atoms with Gasteiger partial charge in [0.05, 0.1) is 10.5 Å². The fourth-order valence-corrected chi connectivity index (χ4v) is 3.01. The summed E-state index contributed by atoms with van der Waals surface area (Å²) in [7, 11) is 1.85. The van der Waals surface area contributed by atoms with Crippen LogP contribution in [-0.2, 0) is 0 Å². The van der Waals surface area contributed by atoms with E-state index < -0.39 is 0 Å². The first-order valence-electron chi connectivity index (χ1n) is 6.80. The van der Waals surface area contributed by atoms with Gasteiger partial charge in [0.1, 0.15) is 5.82 Å². The molecule has 1 N–H and O–H groups in total. The van der Waals surface area contributed by atoms with Gasteiger partial charge in [0, 0.05) is 5.56 Å². The third-order valence-electron chi connectivity index (χ3n) is 3.69. The Balaban J connectivity index is 2.11. The maximum Gasteiger partial charge on any atom is 0.142 e. The van der Waals surface area contributed by atoms with E-state index in [1.165, 1.54) is 5.39 Å². The molecule has 0 bridgehead atoms. The lowest BCUT2D eigenvalue weighted by molar-refractivity contribution is 0.571. The van der Waals surface area contributed by atoms with Crippen molar-refractivity contribution in [2.24, 2.45) is 0 Å². The first-order chi connectivity index (χ1) is 10.2. The molecule has 21 heavy (non-hydrogen) atoms. The summed E-state index contributed by atoms with van der Waals surface area (Å²) < 4.78 is 14.8. The molecule has 3 rings (SSSR count). The molecule has 0 radical (unpaired) electrons. The van der Waals surface area contributed by atoms with E-state index in [0.29, 0.717) is 10.0 Å². The molecule has 0 aliphatic rings. The van der Waals surface area contributed by atoms with Crippen LogP contribution in [0.1, 0.15) is 17.2 Å². The Morgan fingerprint density at radius 3 is 2.48 bits per heavy atom. The summed E-state index contributed by atoms with van der Waals surface area (Å²) in [5.74, 6) is -0.218. The molecule has 3 aromatic carbocycles. The van der Waals surface area contributed by atoms with E-state index in [9.17, 15) is 4.39 Å². The fourth-order valence-electron chi connectivity index (χ4n) is 2.63. The van der Waals surface area contributed by atoms with Crippen molar-refractivity contribution in [2.75, 3.05) is 7.05 Å². The molecule has 0 saturated heterocycles. The summed E-state index contributed by atoms with van der Waals surface area (Å²) in [5.41, 5.74) is 1.69. The molecule has 1 unspecified atom stereocenters. The second-order valence-electron chi connectivity index (χ2n) is 4.97. The minimum atomic E-state index is -0.218. The molecule has 0 aliphatic carbocycles. The highest BCUT2D eigenvalue weighted by atomic mass is 79.9. The van der Waals surface area contributed by atoms with Crippen molar-refractivity contribution in [3.05, 3.63) is 82.1 Å². The lowest BCUT2D eigenvalue weighted by Gasteiger charge is -2.19. The summed E-state index contributed by atoms with van der Waals surface area (Å²) in [4.78, 5) is 0. The van der Waals surface area contributed by atoms with Crippen LogP contribution in [0.25, 0.3) is 10.8 Å². The molecule has 106 valence electrons. The van der Waals surface area contributed by atoms with Gasteiger partial charge in [-0.2, -0.15) is 0 Å². The van der Waals surface area contributed by atoms with Crippen molar-refractivity contribution >= 4 is 26.7 Å². The Bertz CT molecular complexity index is 785. The van der Waals surface area contributed by atoms with Gasteiger partial charge in [0.2, 0.25) is 0 Å². The molecule has 1 nitrogen and oxygen atoms in total. The third kappa shape index (κ3) is 2.71. The summed E-state index contributed by atoms with van der Waals surface area (Å²) in [6.07, 6.45) is 0. The van der Waals surface area contributed by atoms with Crippen LogP contribution in [0.2, 0.25) is 0 Å². The number of rotatable bonds is 3. The lowest BCUT2D eigenvalue weighted by atomic mass is 9.96. The second-order valence-corrected chi connectivity index (χ2v) is 5.83. The summed E-state index contributed by atoms with van der Waals surface area (Å²) in [6.45, 7) is 0. The van der Waals surface area contributed by atoms with Crippen LogP contribution in [0.5, 0.6) is 0 Å². The number of fused-ring (bicyclic) bond motifs is 1. The van der Waals surface area contributed by atoms with Crippen LogP contribution < -0.4 is 5.32 Å². The number of nitrogens with one attached hydrogen (secondary N) is 1. The van der Waals surface area contributed by atoms with E-state index in [4.69, 9.17) is 0 Å². The summed E-state index contributed by atoms with van der Waals surface area (Å²) in [6, 6.07) is 19.6. The molecule has 0 aromatic heterocycles. The van der Waals surface area contributed by atoms with Crippen LogP contribution in [0, 0.1) is 5.82 Å². The van der Waals surface area contributed by atoms with Crippen LogP contribution in [0.15, 0.2) is 65.1 Å². The van der Waals surface area contributed by atoms with E-state index in [2.05, 4.69) is 45.5 Å².